The van der Waals surface area contributed by atoms with Crippen LogP contribution in [0.3, 0.4) is 0 Å². The molecule has 8 nitrogen and oxygen atoms in total. The van der Waals surface area contributed by atoms with Crippen molar-refractivity contribution in [3.05, 3.63) is 0 Å². The Morgan fingerprint density at radius 2 is 0.422 bits per heavy atom. The zero-order valence-electron chi connectivity index (χ0n) is 34.1. The fourth-order valence-corrected chi connectivity index (χ4v) is 4.05. The molecule has 0 saturated heterocycles. The van der Waals surface area contributed by atoms with Crippen LogP contribution in [0.4, 0.5) is 0 Å². The minimum Gasteiger partial charge on any atom is -0.894 e. The highest BCUT2D eigenvalue weighted by Gasteiger charge is 2.06. The molecule has 0 aliphatic carbocycles. The standard InChI is InChI=1S/4C9H22N.O4Si/c4*1-5-6-7-8-9-10(2,3)4;1-5(2,3)4/h4*5-9H2,1-4H3;/q4*+1;-4. The van der Waals surface area contributed by atoms with Crippen molar-refractivity contribution in [2.24, 2.45) is 0 Å². The van der Waals surface area contributed by atoms with E-state index in [-0.39, 0.29) is 0 Å². The second-order valence-corrected chi connectivity index (χ2v) is 17.8. The zero-order chi connectivity index (χ0) is 36.6. The van der Waals surface area contributed by atoms with E-state index in [0.717, 1.165) is 17.9 Å². The molecule has 0 radical (unpaired) electrons. The van der Waals surface area contributed by atoms with Crippen molar-refractivity contribution in [3.8, 4) is 0 Å². The molecule has 9 heteroatoms. The normalized spacial score (nSPS) is 12.0. The molecule has 280 valence electrons. The monoisotopic (exact) mass is 669 g/mol. The summed E-state index contributed by atoms with van der Waals surface area (Å²) in [7, 11) is 21.5. The van der Waals surface area contributed by atoms with Crippen LogP contribution < -0.4 is 19.2 Å². The van der Waals surface area contributed by atoms with Crippen LogP contribution in [-0.4, -0.2) is 138 Å². The lowest BCUT2D eigenvalue weighted by Gasteiger charge is -2.67. The average molecular weight is 669 g/mol. The summed E-state index contributed by atoms with van der Waals surface area (Å²) in [5.74, 6) is 0. The van der Waals surface area contributed by atoms with Crippen LogP contribution >= 0.6 is 0 Å². The van der Waals surface area contributed by atoms with E-state index < -0.39 is 9.05 Å². The van der Waals surface area contributed by atoms with E-state index in [1.807, 2.05) is 0 Å². The third kappa shape index (κ3) is 99.0. The van der Waals surface area contributed by atoms with Crippen molar-refractivity contribution in [2.45, 2.75) is 130 Å². The van der Waals surface area contributed by atoms with Gasteiger partial charge in [0.15, 0.2) is 0 Å². The summed E-state index contributed by atoms with van der Waals surface area (Å²) in [4.78, 5) is 34.3. The number of hydrogen-bond acceptors (Lipinski definition) is 4. The lowest BCUT2D eigenvalue weighted by atomic mass is 10.2. The lowest BCUT2D eigenvalue weighted by molar-refractivity contribution is -0.870. The van der Waals surface area contributed by atoms with Crippen LogP contribution in [0.2, 0.25) is 0 Å². The molecule has 0 rings (SSSR count). The van der Waals surface area contributed by atoms with Gasteiger partial charge in [0.1, 0.15) is 0 Å². The van der Waals surface area contributed by atoms with Crippen molar-refractivity contribution in [2.75, 3.05) is 111 Å². The minimum absolute atomic E-state index is 1.11. The fraction of sp³-hybridized carbons (Fsp3) is 1.00. The quantitative estimate of drug-likeness (QED) is 0.112. The van der Waals surface area contributed by atoms with Gasteiger partial charge in [-0.15, -0.1) is 0 Å². The number of quaternary nitrogens is 4. The Kier molecular flexibility index (Phi) is 39.2. The van der Waals surface area contributed by atoms with Gasteiger partial charge in [0.2, 0.25) is 0 Å². The molecule has 0 fully saturated rings. The fourth-order valence-electron chi connectivity index (χ4n) is 4.05. The Hall–Kier alpha value is -0.103. The van der Waals surface area contributed by atoms with Crippen molar-refractivity contribution in [1.29, 1.82) is 0 Å². The predicted octanol–water partition coefficient (Wildman–Crippen LogP) is 3.95. The summed E-state index contributed by atoms with van der Waals surface area (Å²) in [5, 5.41) is 0. The molecule has 0 aromatic rings. The number of rotatable bonds is 20. The van der Waals surface area contributed by atoms with E-state index in [4.69, 9.17) is 19.2 Å². The largest absolute Gasteiger partial charge is 0.894 e. The Balaban J connectivity index is -0.000000150. The first-order chi connectivity index (χ1) is 20.2. The van der Waals surface area contributed by atoms with Crippen LogP contribution in [-0.2, 0) is 0 Å². The number of unbranched alkanes of at least 4 members (excludes halogenated alkanes) is 12. The molecule has 0 heterocycles. The second-order valence-electron chi connectivity index (χ2n) is 16.8. The van der Waals surface area contributed by atoms with Crippen LogP contribution in [0.25, 0.3) is 0 Å². The Bertz CT molecular complexity index is 468. The molecule has 0 aromatic carbocycles. The van der Waals surface area contributed by atoms with Gasteiger partial charge in [0.05, 0.1) is 111 Å². The summed E-state index contributed by atoms with van der Waals surface area (Å²) in [6.07, 6.45) is 22.2. The van der Waals surface area contributed by atoms with Crippen molar-refractivity contribution < 1.29 is 37.1 Å². The van der Waals surface area contributed by atoms with Crippen molar-refractivity contribution in [1.82, 2.24) is 0 Å². The first-order valence-electron chi connectivity index (χ1n) is 18.3. The van der Waals surface area contributed by atoms with E-state index in [9.17, 15) is 0 Å². The third-order valence-corrected chi connectivity index (χ3v) is 6.73. The number of nitrogens with zero attached hydrogens (tertiary/aromatic N) is 4. The first-order valence-corrected chi connectivity index (χ1v) is 19.9. The van der Waals surface area contributed by atoms with Crippen LogP contribution in [0.1, 0.15) is 130 Å². The maximum absolute atomic E-state index is 8.58. The highest BCUT2D eigenvalue weighted by molar-refractivity contribution is 6.38. The van der Waals surface area contributed by atoms with Gasteiger partial charge in [0, 0.05) is 0 Å². The summed E-state index contributed by atoms with van der Waals surface area (Å²) in [6.45, 7) is 14.3. The second kappa shape index (κ2) is 32.4. The summed E-state index contributed by atoms with van der Waals surface area (Å²) in [6, 6.07) is 0. The van der Waals surface area contributed by atoms with Gasteiger partial charge in [-0.3, -0.25) is 0 Å². The molecule has 0 N–H and O–H groups in total. The molecule has 45 heavy (non-hydrogen) atoms. The van der Waals surface area contributed by atoms with Gasteiger partial charge < -0.3 is 46.2 Å². The summed E-state index contributed by atoms with van der Waals surface area (Å²) >= 11 is 0. The Morgan fingerprint density at radius 1 is 0.289 bits per heavy atom. The molecule has 0 aromatic heterocycles. The molecule has 0 amide bonds. The minimum atomic E-state index is -5.61. The molecular weight excluding hydrogens is 581 g/mol. The summed E-state index contributed by atoms with van der Waals surface area (Å²) < 4.78 is 4.46. The average Bonchev–Trinajstić information content (AvgIpc) is 2.83. The van der Waals surface area contributed by atoms with Gasteiger partial charge >= 0.3 is 0 Å². The molecule has 0 bridgehead atoms. The van der Waals surface area contributed by atoms with E-state index in [1.54, 1.807) is 0 Å². The van der Waals surface area contributed by atoms with E-state index in [2.05, 4.69) is 112 Å². The van der Waals surface area contributed by atoms with Gasteiger partial charge in [-0.2, -0.15) is 0 Å². The van der Waals surface area contributed by atoms with Crippen molar-refractivity contribution in [3.63, 3.8) is 0 Å². The third-order valence-electron chi connectivity index (χ3n) is 6.73. The molecule has 0 unspecified atom stereocenters. The molecule has 0 aliphatic heterocycles. The Labute approximate surface area is 286 Å². The summed E-state index contributed by atoms with van der Waals surface area (Å²) in [5.41, 5.74) is 0. The van der Waals surface area contributed by atoms with Crippen LogP contribution in [0.5, 0.6) is 0 Å². The van der Waals surface area contributed by atoms with E-state index in [1.165, 1.54) is 129 Å². The predicted molar refractivity (Wildman–Crippen MR) is 194 cm³/mol. The van der Waals surface area contributed by atoms with Crippen LogP contribution in [0, 0.1) is 0 Å². The maximum atomic E-state index is 8.58. The highest BCUT2D eigenvalue weighted by Crippen LogP contribution is 2.04. The van der Waals surface area contributed by atoms with Gasteiger partial charge in [0.25, 0.3) is 0 Å². The maximum Gasteiger partial charge on any atom is 0.0780 e. The molecule has 0 spiro atoms. The Morgan fingerprint density at radius 3 is 0.511 bits per heavy atom. The molecule has 0 aliphatic rings. The molecular formula is C36H88N4O4Si. The molecule has 0 saturated carbocycles. The molecule has 0 atom stereocenters. The topological polar surface area (TPSA) is 92.2 Å². The zero-order valence-corrected chi connectivity index (χ0v) is 35.1. The van der Waals surface area contributed by atoms with Crippen molar-refractivity contribution >= 4 is 9.05 Å². The smallest absolute Gasteiger partial charge is 0.0780 e. The van der Waals surface area contributed by atoms with Gasteiger partial charge in [-0.25, -0.2) is 0 Å². The van der Waals surface area contributed by atoms with Gasteiger partial charge in [-0.1, -0.05) is 79.1 Å². The van der Waals surface area contributed by atoms with Gasteiger partial charge in [-0.05, 0) is 51.4 Å². The van der Waals surface area contributed by atoms with E-state index >= 15 is 0 Å². The lowest BCUT2D eigenvalue weighted by Crippen LogP contribution is -2.82. The van der Waals surface area contributed by atoms with E-state index in [0.29, 0.717) is 0 Å². The van der Waals surface area contributed by atoms with Crippen LogP contribution in [0.15, 0.2) is 0 Å². The first kappa shape index (κ1) is 54.4. The SMILES string of the molecule is CCCCCC[N+](C)(C)C.CCCCCC[N+](C)(C)C.CCCCCC[N+](C)(C)C.CCCCCC[N+](C)(C)C.[O-][Si]([O-])([O-])[O-]. The number of hydrogen-bond donors (Lipinski definition) is 0. The highest BCUT2D eigenvalue weighted by atomic mass is 28.4.